The van der Waals surface area contributed by atoms with E-state index in [0.717, 1.165) is 23.9 Å². The molecular weight excluding hydrogens is 270 g/mol. The summed E-state index contributed by atoms with van der Waals surface area (Å²) >= 11 is 0. The van der Waals surface area contributed by atoms with Crippen molar-refractivity contribution >= 4 is 12.1 Å². The number of rotatable bonds is 5. The van der Waals surface area contributed by atoms with Crippen LogP contribution < -0.4 is 5.32 Å². The molecule has 2 heteroatoms. The Labute approximate surface area is 133 Å². The second kappa shape index (κ2) is 8.38. The van der Waals surface area contributed by atoms with Crippen molar-refractivity contribution < 1.29 is 4.79 Å². The zero-order chi connectivity index (χ0) is 15.8. The first-order valence-electron chi connectivity index (χ1n) is 8.12. The van der Waals surface area contributed by atoms with Gasteiger partial charge in [0.25, 0.3) is 0 Å². The average Bonchev–Trinajstić information content (AvgIpc) is 3.37. The first kappa shape index (κ1) is 16.3. The summed E-state index contributed by atoms with van der Waals surface area (Å²) in [6.45, 7) is 4.41. The lowest BCUT2D eigenvalue weighted by Crippen LogP contribution is -1.93. The average molecular weight is 295 g/mol. The Balaban J connectivity index is 0.000000188. The van der Waals surface area contributed by atoms with Crippen LogP contribution in [0.2, 0.25) is 0 Å². The molecule has 0 aliphatic heterocycles. The summed E-state index contributed by atoms with van der Waals surface area (Å²) in [5, 5.41) is 2.64. The van der Waals surface area contributed by atoms with E-state index in [1.165, 1.54) is 24.0 Å². The van der Waals surface area contributed by atoms with E-state index >= 15 is 0 Å². The molecule has 2 unspecified atom stereocenters. The molecule has 0 radical (unpaired) electrons. The SMILES string of the molecule is CCC1CC1c1ccc(NC=O)cc1.CCc1ccccc1. The van der Waals surface area contributed by atoms with Gasteiger partial charge in [-0.3, -0.25) is 4.79 Å². The maximum Gasteiger partial charge on any atom is 0.211 e. The summed E-state index contributed by atoms with van der Waals surface area (Å²) in [7, 11) is 0. The van der Waals surface area contributed by atoms with Crippen LogP contribution in [-0.4, -0.2) is 6.41 Å². The monoisotopic (exact) mass is 295 g/mol. The Morgan fingerprint density at radius 2 is 1.73 bits per heavy atom. The Morgan fingerprint density at radius 1 is 1.05 bits per heavy atom. The van der Waals surface area contributed by atoms with Gasteiger partial charge in [0.15, 0.2) is 0 Å². The van der Waals surface area contributed by atoms with Crippen molar-refractivity contribution in [2.75, 3.05) is 5.32 Å². The van der Waals surface area contributed by atoms with Crippen LogP contribution in [0.4, 0.5) is 5.69 Å². The minimum Gasteiger partial charge on any atom is -0.329 e. The highest BCUT2D eigenvalue weighted by Crippen LogP contribution is 2.49. The van der Waals surface area contributed by atoms with Gasteiger partial charge in [-0.1, -0.05) is 62.7 Å². The predicted molar refractivity (Wildman–Crippen MR) is 93.1 cm³/mol. The maximum absolute atomic E-state index is 10.2. The van der Waals surface area contributed by atoms with E-state index in [-0.39, 0.29) is 0 Å². The van der Waals surface area contributed by atoms with Gasteiger partial charge in [0.05, 0.1) is 0 Å². The quantitative estimate of drug-likeness (QED) is 0.771. The highest BCUT2D eigenvalue weighted by Gasteiger charge is 2.36. The number of hydrogen-bond acceptors (Lipinski definition) is 1. The third kappa shape index (κ3) is 4.73. The van der Waals surface area contributed by atoms with Gasteiger partial charge in [0.1, 0.15) is 0 Å². The molecule has 1 amide bonds. The van der Waals surface area contributed by atoms with Crippen LogP contribution in [0.15, 0.2) is 54.6 Å². The van der Waals surface area contributed by atoms with Crippen LogP contribution in [0.5, 0.6) is 0 Å². The van der Waals surface area contributed by atoms with Gasteiger partial charge >= 0.3 is 0 Å². The van der Waals surface area contributed by atoms with Crippen molar-refractivity contribution in [2.45, 2.75) is 39.0 Å². The summed E-state index contributed by atoms with van der Waals surface area (Å²) in [5.74, 6) is 1.66. The van der Waals surface area contributed by atoms with Gasteiger partial charge in [0.2, 0.25) is 6.41 Å². The zero-order valence-electron chi connectivity index (χ0n) is 13.5. The molecule has 0 aromatic heterocycles. The largest absolute Gasteiger partial charge is 0.329 e. The fraction of sp³-hybridized carbons (Fsp3) is 0.350. The van der Waals surface area contributed by atoms with E-state index < -0.39 is 0 Å². The summed E-state index contributed by atoms with van der Waals surface area (Å²) in [6, 6.07) is 18.6. The summed E-state index contributed by atoms with van der Waals surface area (Å²) in [5.41, 5.74) is 3.69. The molecule has 0 bridgehead atoms. The molecule has 2 aromatic carbocycles. The minimum absolute atomic E-state index is 0.709. The standard InChI is InChI=1S/C12H15NO.C8H10/c1-2-9-7-12(9)10-3-5-11(6-4-10)13-8-14;1-2-8-6-4-3-5-7-8/h3-6,8-9,12H,2,7H2,1H3,(H,13,14);3-7H,2H2,1H3. The van der Waals surface area contributed by atoms with Crippen molar-refractivity contribution in [1.29, 1.82) is 0 Å². The molecule has 3 rings (SSSR count). The molecule has 22 heavy (non-hydrogen) atoms. The van der Waals surface area contributed by atoms with Crippen molar-refractivity contribution in [3.8, 4) is 0 Å². The van der Waals surface area contributed by atoms with Gasteiger partial charge in [-0.2, -0.15) is 0 Å². The van der Waals surface area contributed by atoms with Gasteiger partial charge in [-0.15, -0.1) is 0 Å². The Hall–Kier alpha value is -2.09. The van der Waals surface area contributed by atoms with Gasteiger partial charge in [0, 0.05) is 5.69 Å². The molecule has 1 saturated carbocycles. The third-order valence-corrected chi connectivity index (χ3v) is 4.26. The summed E-state index contributed by atoms with van der Waals surface area (Å²) in [6.07, 6.45) is 4.46. The highest BCUT2D eigenvalue weighted by atomic mass is 16.1. The normalized spacial score (nSPS) is 18.8. The first-order valence-corrected chi connectivity index (χ1v) is 8.12. The molecule has 1 aliphatic rings. The lowest BCUT2D eigenvalue weighted by molar-refractivity contribution is -0.105. The number of hydrogen-bond donors (Lipinski definition) is 1. The lowest BCUT2D eigenvalue weighted by Gasteiger charge is -2.01. The van der Waals surface area contributed by atoms with E-state index in [9.17, 15) is 4.79 Å². The first-order chi connectivity index (χ1) is 10.8. The van der Waals surface area contributed by atoms with Crippen molar-refractivity contribution in [3.63, 3.8) is 0 Å². The number of nitrogens with one attached hydrogen (secondary N) is 1. The van der Waals surface area contributed by atoms with Crippen molar-refractivity contribution in [3.05, 3.63) is 65.7 Å². The van der Waals surface area contributed by atoms with Crippen LogP contribution in [0.1, 0.15) is 43.7 Å². The number of aryl methyl sites for hydroxylation is 1. The number of anilines is 1. The highest BCUT2D eigenvalue weighted by molar-refractivity contribution is 5.71. The van der Waals surface area contributed by atoms with Crippen LogP contribution in [0.25, 0.3) is 0 Å². The second-order valence-corrected chi connectivity index (χ2v) is 5.73. The second-order valence-electron chi connectivity index (χ2n) is 5.73. The molecule has 0 heterocycles. The smallest absolute Gasteiger partial charge is 0.211 e. The van der Waals surface area contributed by atoms with E-state index in [0.29, 0.717) is 6.41 Å². The molecule has 116 valence electrons. The fourth-order valence-electron chi connectivity index (χ4n) is 2.72. The van der Waals surface area contributed by atoms with Crippen LogP contribution >= 0.6 is 0 Å². The minimum atomic E-state index is 0.709. The summed E-state index contributed by atoms with van der Waals surface area (Å²) < 4.78 is 0. The van der Waals surface area contributed by atoms with E-state index in [4.69, 9.17) is 0 Å². The molecule has 2 nitrogen and oxygen atoms in total. The Kier molecular flexibility index (Phi) is 6.20. The number of carbonyl (C=O) groups excluding carboxylic acids is 1. The molecule has 2 aromatic rings. The molecule has 1 aliphatic carbocycles. The van der Waals surface area contributed by atoms with Gasteiger partial charge in [-0.05, 0) is 47.9 Å². The zero-order valence-corrected chi connectivity index (χ0v) is 13.5. The molecule has 1 N–H and O–H groups in total. The summed E-state index contributed by atoms with van der Waals surface area (Å²) in [4.78, 5) is 10.2. The predicted octanol–water partition coefficient (Wildman–Crippen LogP) is 5.02. The van der Waals surface area contributed by atoms with E-state index in [2.05, 4.69) is 55.6 Å². The third-order valence-electron chi connectivity index (χ3n) is 4.26. The van der Waals surface area contributed by atoms with E-state index in [1.807, 2.05) is 18.2 Å². The topological polar surface area (TPSA) is 29.1 Å². The molecule has 2 atom stereocenters. The number of carbonyl (C=O) groups is 1. The van der Waals surface area contributed by atoms with Crippen LogP contribution in [-0.2, 0) is 11.2 Å². The molecule has 1 fully saturated rings. The van der Waals surface area contributed by atoms with Gasteiger partial charge < -0.3 is 5.32 Å². The van der Waals surface area contributed by atoms with Crippen LogP contribution in [0.3, 0.4) is 0 Å². The Morgan fingerprint density at radius 3 is 2.18 bits per heavy atom. The molecule has 0 spiro atoms. The van der Waals surface area contributed by atoms with E-state index in [1.54, 1.807) is 0 Å². The number of amides is 1. The lowest BCUT2D eigenvalue weighted by atomic mass is 10.1. The molecule has 0 saturated heterocycles. The molecular formula is C20H25NO. The van der Waals surface area contributed by atoms with Crippen molar-refractivity contribution in [1.82, 2.24) is 0 Å². The maximum atomic E-state index is 10.2. The van der Waals surface area contributed by atoms with Crippen molar-refractivity contribution in [2.24, 2.45) is 5.92 Å². The Bertz CT molecular complexity index is 562. The number of benzene rings is 2. The fourth-order valence-corrected chi connectivity index (χ4v) is 2.72. The van der Waals surface area contributed by atoms with Crippen LogP contribution in [0, 0.1) is 5.92 Å². The van der Waals surface area contributed by atoms with Gasteiger partial charge in [-0.25, -0.2) is 0 Å².